The molecule has 3 heterocycles. The van der Waals surface area contributed by atoms with E-state index in [4.69, 9.17) is 0 Å². The molecule has 0 aliphatic carbocycles. The summed E-state index contributed by atoms with van der Waals surface area (Å²) in [7, 11) is 1.85. The number of nitrogens with one attached hydrogen (secondary N) is 2. The van der Waals surface area contributed by atoms with Crippen LogP contribution in [0.1, 0.15) is 24.0 Å². The van der Waals surface area contributed by atoms with Crippen molar-refractivity contribution in [2.24, 2.45) is 7.05 Å². The molecule has 31 heavy (non-hydrogen) atoms. The molecule has 4 aromatic rings. The number of rotatable bonds is 7. The van der Waals surface area contributed by atoms with Gasteiger partial charge in [0.2, 0.25) is 0 Å². The summed E-state index contributed by atoms with van der Waals surface area (Å²) in [6.45, 7) is 2.69. The van der Waals surface area contributed by atoms with E-state index in [-0.39, 0.29) is 6.03 Å². The van der Waals surface area contributed by atoms with Gasteiger partial charge in [-0.05, 0) is 43.9 Å². The molecule has 2 amide bonds. The van der Waals surface area contributed by atoms with E-state index in [0.29, 0.717) is 29.2 Å². The number of carbonyl (C=O) groups excluding carboxylic acids is 1. The largest absolute Gasteiger partial charge is 0.338 e. The van der Waals surface area contributed by atoms with Gasteiger partial charge in [-0.1, -0.05) is 29.8 Å². The molecule has 8 heteroatoms. The zero-order valence-corrected chi connectivity index (χ0v) is 17.7. The summed E-state index contributed by atoms with van der Waals surface area (Å²) in [6.07, 6.45) is 8.22. The molecule has 0 spiro atoms. The van der Waals surface area contributed by atoms with Crippen LogP contribution in [-0.2, 0) is 13.5 Å². The third kappa shape index (κ3) is 5.42. The van der Waals surface area contributed by atoms with Gasteiger partial charge in [0.25, 0.3) is 0 Å². The molecule has 2 N–H and O–H groups in total. The van der Waals surface area contributed by atoms with Gasteiger partial charge in [-0.15, -0.1) is 0 Å². The van der Waals surface area contributed by atoms with Crippen LogP contribution < -0.4 is 10.6 Å². The van der Waals surface area contributed by atoms with E-state index in [0.717, 1.165) is 24.8 Å². The Balaban J connectivity index is 1.29. The minimum Gasteiger partial charge on any atom is -0.338 e. The van der Waals surface area contributed by atoms with Crippen molar-refractivity contribution in [2.75, 3.05) is 11.9 Å². The number of hydrogen-bond donors (Lipinski definition) is 2. The maximum absolute atomic E-state index is 12.2. The summed E-state index contributed by atoms with van der Waals surface area (Å²) in [5.74, 6) is 0.433. The number of pyridine rings is 1. The molecule has 0 atom stereocenters. The van der Waals surface area contributed by atoms with Gasteiger partial charge < -0.3 is 5.32 Å². The van der Waals surface area contributed by atoms with Crippen molar-refractivity contribution in [3.63, 3.8) is 0 Å². The number of urea groups is 1. The first-order valence-electron chi connectivity index (χ1n) is 10.3. The summed E-state index contributed by atoms with van der Waals surface area (Å²) in [5, 5.41) is 9.80. The number of nitrogens with zero attached hydrogens (tertiary/aromatic N) is 5. The number of amides is 2. The van der Waals surface area contributed by atoms with E-state index >= 15 is 0 Å². The molecule has 0 aliphatic rings. The minimum absolute atomic E-state index is 0.279. The SMILES string of the molecule is Cc1ccc(CCCCNC(=O)Nc2ccc3ncc(-c4cnn(C)c4)nc3n2)cc1. The monoisotopic (exact) mass is 415 g/mol. The second-order valence-electron chi connectivity index (χ2n) is 7.52. The highest BCUT2D eigenvalue weighted by atomic mass is 16.2. The summed E-state index contributed by atoms with van der Waals surface area (Å²) in [5.41, 5.74) is 5.27. The topological polar surface area (TPSA) is 97.6 Å². The number of carbonyl (C=O) groups is 1. The van der Waals surface area contributed by atoms with Crippen LogP contribution in [0.15, 0.2) is 55.0 Å². The Bertz CT molecular complexity index is 1180. The molecule has 0 saturated heterocycles. The van der Waals surface area contributed by atoms with Crippen LogP contribution in [0.3, 0.4) is 0 Å². The highest BCUT2D eigenvalue weighted by molar-refractivity contribution is 5.89. The van der Waals surface area contributed by atoms with Crippen molar-refractivity contribution < 1.29 is 4.79 Å². The Morgan fingerprint density at radius 3 is 2.65 bits per heavy atom. The molecule has 0 unspecified atom stereocenters. The Morgan fingerprint density at radius 2 is 1.87 bits per heavy atom. The molecule has 1 aromatic carbocycles. The second-order valence-corrected chi connectivity index (χ2v) is 7.52. The number of fused-ring (bicyclic) bond motifs is 1. The number of unbranched alkanes of at least 4 members (excludes halogenated alkanes) is 1. The van der Waals surface area contributed by atoms with Gasteiger partial charge in [-0.25, -0.2) is 14.8 Å². The average Bonchev–Trinajstić information content (AvgIpc) is 3.20. The molecule has 0 fully saturated rings. The number of aryl methyl sites for hydroxylation is 3. The van der Waals surface area contributed by atoms with Crippen LogP contribution in [0.4, 0.5) is 10.6 Å². The molecule has 3 aromatic heterocycles. The highest BCUT2D eigenvalue weighted by Gasteiger charge is 2.08. The van der Waals surface area contributed by atoms with E-state index in [2.05, 4.69) is 61.9 Å². The lowest BCUT2D eigenvalue weighted by molar-refractivity contribution is 0.252. The zero-order valence-electron chi connectivity index (χ0n) is 17.7. The molecule has 0 radical (unpaired) electrons. The number of aromatic nitrogens is 5. The first-order valence-corrected chi connectivity index (χ1v) is 10.3. The van der Waals surface area contributed by atoms with Gasteiger partial charge in [-0.2, -0.15) is 5.10 Å². The third-order valence-corrected chi connectivity index (χ3v) is 4.95. The fraction of sp³-hybridized carbons (Fsp3) is 0.261. The van der Waals surface area contributed by atoms with E-state index in [9.17, 15) is 4.79 Å². The Labute approximate surface area is 180 Å². The van der Waals surface area contributed by atoms with Crippen LogP contribution in [0, 0.1) is 6.92 Å². The summed E-state index contributed by atoms with van der Waals surface area (Å²) < 4.78 is 1.71. The number of anilines is 1. The fourth-order valence-electron chi connectivity index (χ4n) is 3.23. The lowest BCUT2D eigenvalue weighted by atomic mass is 10.1. The predicted octanol–water partition coefficient (Wildman–Crippen LogP) is 3.88. The number of hydrogen-bond acceptors (Lipinski definition) is 5. The lowest BCUT2D eigenvalue weighted by Gasteiger charge is -2.08. The van der Waals surface area contributed by atoms with Crippen LogP contribution in [0.25, 0.3) is 22.4 Å². The average molecular weight is 416 g/mol. The van der Waals surface area contributed by atoms with Gasteiger partial charge in [0.15, 0.2) is 5.65 Å². The molecule has 8 nitrogen and oxygen atoms in total. The van der Waals surface area contributed by atoms with Gasteiger partial charge in [0.1, 0.15) is 11.3 Å². The quantitative estimate of drug-likeness (QED) is 0.447. The summed E-state index contributed by atoms with van der Waals surface area (Å²) in [6, 6.07) is 11.8. The van der Waals surface area contributed by atoms with E-state index in [1.165, 1.54) is 11.1 Å². The molecule has 0 aliphatic heterocycles. The van der Waals surface area contributed by atoms with E-state index in [1.54, 1.807) is 29.2 Å². The maximum Gasteiger partial charge on any atom is 0.320 e. The van der Waals surface area contributed by atoms with Crippen molar-refractivity contribution in [1.82, 2.24) is 30.0 Å². The Kier molecular flexibility index (Phi) is 6.16. The standard InChI is InChI=1S/C23H25N7O/c1-16-6-8-17(9-7-16)5-3-4-12-24-23(31)29-21-11-10-19-22(28-21)27-20(14-25-19)18-13-26-30(2)15-18/h6-11,13-15H,3-5,12H2,1-2H3,(H2,24,27,28,29,31). The van der Waals surface area contributed by atoms with Crippen molar-refractivity contribution in [3.05, 3.63) is 66.1 Å². The first-order chi connectivity index (χ1) is 15.1. The molecule has 158 valence electrons. The van der Waals surface area contributed by atoms with Crippen LogP contribution in [-0.4, -0.2) is 37.3 Å². The smallest absolute Gasteiger partial charge is 0.320 e. The Hall–Kier alpha value is -3.81. The summed E-state index contributed by atoms with van der Waals surface area (Å²) >= 11 is 0. The molecule has 4 rings (SSSR count). The van der Waals surface area contributed by atoms with Crippen molar-refractivity contribution in [1.29, 1.82) is 0 Å². The predicted molar refractivity (Wildman–Crippen MR) is 121 cm³/mol. The van der Waals surface area contributed by atoms with Crippen molar-refractivity contribution >= 4 is 23.0 Å². The van der Waals surface area contributed by atoms with Crippen LogP contribution >= 0.6 is 0 Å². The first kappa shape index (κ1) is 20.5. The molecule has 0 bridgehead atoms. The van der Waals surface area contributed by atoms with Crippen molar-refractivity contribution in [2.45, 2.75) is 26.2 Å². The third-order valence-electron chi connectivity index (χ3n) is 4.95. The van der Waals surface area contributed by atoms with Crippen LogP contribution in [0.2, 0.25) is 0 Å². The maximum atomic E-state index is 12.2. The summed E-state index contributed by atoms with van der Waals surface area (Å²) in [4.78, 5) is 25.6. The van der Waals surface area contributed by atoms with Crippen molar-refractivity contribution in [3.8, 4) is 11.3 Å². The van der Waals surface area contributed by atoms with Crippen LogP contribution in [0.5, 0.6) is 0 Å². The highest BCUT2D eigenvalue weighted by Crippen LogP contribution is 2.18. The van der Waals surface area contributed by atoms with Gasteiger partial charge in [0, 0.05) is 25.4 Å². The van der Waals surface area contributed by atoms with Gasteiger partial charge in [0.05, 0.1) is 18.1 Å². The fourth-order valence-corrected chi connectivity index (χ4v) is 3.23. The molecule has 0 saturated carbocycles. The Morgan fingerprint density at radius 1 is 1.03 bits per heavy atom. The molecular weight excluding hydrogens is 390 g/mol. The van der Waals surface area contributed by atoms with E-state index in [1.807, 2.05) is 13.2 Å². The number of benzene rings is 1. The van der Waals surface area contributed by atoms with Gasteiger partial charge >= 0.3 is 6.03 Å². The molecular formula is C23H25N7O. The van der Waals surface area contributed by atoms with Gasteiger partial charge in [-0.3, -0.25) is 15.0 Å². The lowest BCUT2D eigenvalue weighted by Crippen LogP contribution is -2.29. The zero-order chi connectivity index (χ0) is 21.6. The minimum atomic E-state index is -0.279. The normalized spacial score (nSPS) is 10.9. The second kappa shape index (κ2) is 9.34. The van der Waals surface area contributed by atoms with E-state index < -0.39 is 0 Å².